The fourth-order valence-corrected chi connectivity index (χ4v) is 10.0. The number of aryl methyl sites for hydroxylation is 2. The Labute approximate surface area is 376 Å². The number of rotatable bonds is 8. The van der Waals surface area contributed by atoms with Gasteiger partial charge in [-0.05, 0) is 165 Å². The van der Waals surface area contributed by atoms with Gasteiger partial charge in [0.2, 0.25) is 0 Å². The zero-order valence-electron chi connectivity index (χ0n) is 36.7. The minimum absolute atomic E-state index is 1.12. The quantitative estimate of drug-likeness (QED) is 0.135. The zero-order valence-corrected chi connectivity index (χ0v) is 36.7. The van der Waals surface area contributed by atoms with Crippen molar-refractivity contribution >= 4 is 21.5 Å². The maximum atomic E-state index is 2.47. The number of hydrogen-bond acceptors (Lipinski definition) is 0. The van der Waals surface area contributed by atoms with E-state index in [1.54, 1.807) is 0 Å². The van der Waals surface area contributed by atoms with E-state index in [2.05, 4.69) is 255 Å². The second-order valence-electron chi connectivity index (χ2n) is 17.1. The van der Waals surface area contributed by atoms with Crippen LogP contribution in [-0.2, 0) is 0 Å². The minimum atomic E-state index is 1.12. The number of nitrogens with zero attached hydrogens (tertiary/aromatic N) is 2. The standard InChI is InChI=1S/C62H48N2/c1-41-38-42(2)44(4)60(43(41)3)62-53-33-31-50(63-56(45-20-10-5-11-21-45)34-35-57(63)46-22-12-6-13-23-46)39-54(53)61(49-28-18-9-19-29-49)52-32-30-51(40-55(52)62)64-58(47-24-14-7-15-25-47)36-37-59(64)48-26-16-8-17-27-48/h5-40H,1-4H3. The average Bonchev–Trinajstić information content (AvgIpc) is 4.01. The summed E-state index contributed by atoms with van der Waals surface area (Å²) < 4.78 is 4.90. The molecule has 0 saturated carbocycles. The molecule has 2 heterocycles. The van der Waals surface area contributed by atoms with Crippen LogP contribution < -0.4 is 0 Å². The summed E-state index contributed by atoms with van der Waals surface area (Å²) in [7, 11) is 0. The van der Waals surface area contributed by atoms with Crippen molar-refractivity contribution in [3.63, 3.8) is 0 Å². The average molecular weight is 821 g/mol. The van der Waals surface area contributed by atoms with E-state index < -0.39 is 0 Å². The smallest absolute Gasteiger partial charge is 0.0535 e. The molecule has 2 nitrogen and oxygen atoms in total. The molecule has 0 unspecified atom stereocenters. The van der Waals surface area contributed by atoms with E-state index in [1.165, 1.54) is 88.3 Å². The summed E-state index contributed by atoms with van der Waals surface area (Å²) in [6.07, 6.45) is 0. The van der Waals surface area contributed by atoms with Crippen molar-refractivity contribution in [3.05, 3.63) is 241 Å². The lowest BCUT2D eigenvalue weighted by Gasteiger charge is -2.24. The molecule has 2 heteroatoms. The fraction of sp³-hybridized carbons (Fsp3) is 0.0645. The maximum Gasteiger partial charge on any atom is 0.0535 e. The number of benzene rings is 9. The Morgan fingerprint density at radius 2 is 0.562 bits per heavy atom. The van der Waals surface area contributed by atoms with Gasteiger partial charge in [0, 0.05) is 11.4 Å². The largest absolute Gasteiger partial charge is 0.309 e. The molecule has 0 bridgehead atoms. The van der Waals surface area contributed by atoms with Crippen molar-refractivity contribution in [1.29, 1.82) is 0 Å². The molecule has 306 valence electrons. The lowest BCUT2D eigenvalue weighted by Crippen LogP contribution is -2.03. The molecule has 0 aliphatic rings. The molecule has 0 radical (unpaired) electrons. The second kappa shape index (κ2) is 16.1. The topological polar surface area (TPSA) is 9.86 Å². The van der Waals surface area contributed by atoms with Gasteiger partial charge < -0.3 is 9.13 Å². The first-order valence-electron chi connectivity index (χ1n) is 22.3. The molecule has 0 spiro atoms. The van der Waals surface area contributed by atoms with Crippen molar-refractivity contribution in [2.45, 2.75) is 27.7 Å². The van der Waals surface area contributed by atoms with Gasteiger partial charge in [-0.3, -0.25) is 0 Å². The lowest BCUT2D eigenvalue weighted by molar-refractivity contribution is 1.10. The molecule has 64 heavy (non-hydrogen) atoms. The predicted octanol–water partition coefficient (Wildman–Crippen LogP) is 16.8. The Bertz CT molecular complexity index is 3350. The lowest BCUT2D eigenvalue weighted by atomic mass is 9.81. The third-order valence-corrected chi connectivity index (χ3v) is 13.3. The van der Waals surface area contributed by atoms with Crippen LogP contribution in [0.3, 0.4) is 0 Å². The van der Waals surface area contributed by atoms with Gasteiger partial charge in [0.25, 0.3) is 0 Å². The van der Waals surface area contributed by atoms with Gasteiger partial charge in [0.15, 0.2) is 0 Å². The summed E-state index contributed by atoms with van der Waals surface area (Å²) >= 11 is 0. The fourth-order valence-electron chi connectivity index (χ4n) is 10.0. The van der Waals surface area contributed by atoms with Gasteiger partial charge in [0.05, 0.1) is 22.8 Å². The van der Waals surface area contributed by atoms with Crippen LogP contribution in [0.5, 0.6) is 0 Å². The predicted molar refractivity (Wildman–Crippen MR) is 272 cm³/mol. The van der Waals surface area contributed by atoms with Crippen LogP contribution in [0.1, 0.15) is 22.3 Å². The van der Waals surface area contributed by atoms with E-state index in [9.17, 15) is 0 Å². The highest BCUT2D eigenvalue weighted by Crippen LogP contribution is 2.48. The number of fused-ring (bicyclic) bond motifs is 2. The molecule has 0 aliphatic heterocycles. The molecule has 0 amide bonds. The zero-order chi connectivity index (χ0) is 43.3. The van der Waals surface area contributed by atoms with E-state index in [4.69, 9.17) is 0 Å². The van der Waals surface area contributed by atoms with E-state index in [-0.39, 0.29) is 0 Å². The summed E-state index contributed by atoms with van der Waals surface area (Å²) in [6.45, 7) is 9.14. The van der Waals surface area contributed by atoms with E-state index in [0.717, 1.165) is 34.2 Å². The number of aromatic nitrogens is 2. The summed E-state index contributed by atoms with van der Waals surface area (Å²) in [5.41, 5.74) is 21.8. The summed E-state index contributed by atoms with van der Waals surface area (Å²) in [5.74, 6) is 0. The molecule has 0 N–H and O–H groups in total. The van der Waals surface area contributed by atoms with Crippen LogP contribution in [0.2, 0.25) is 0 Å². The van der Waals surface area contributed by atoms with Gasteiger partial charge in [-0.2, -0.15) is 0 Å². The van der Waals surface area contributed by atoms with Crippen LogP contribution in [0, 0.1) is 27.7 Å². The van der Waals surface area contributed by atoms with Crippen LogP contribution in [0.25, 0.3) is 100 Å². The molecule has 0 fully saturated rings. The van der Waals surface area contributed by atoms with Gasteiger partial charge in [-0.15, -0.1) is 0 Å². The Balaban J connectivity index is 1.28. The number of hydrogen-bond donors (Lipinski definition) is 0. The second-order valence-corrected chi connectivity index (χ2v) is 17.1. The van der Waals surface area contributed by atoms with E-state index in [1.807, 2.05) is 0 Å². The first-order valence-corrected chi connectivity index (χ1v) is 22.3. The molecule has 9 aromatic carbocycles. The summed E-state index contributed by atoms with van der Waals surface area (Å²) in [4.78, 5) is 0. The monoisotopic (exact) mass is 820 g/mol. The highest BCUT2D eigenvalue weighted by Gasteiger charge is 2.24. The highest BCUT2D eigenvalue weighted by atomic mass is 15.0. The molecular weight excluding hydrogens is 773 g/mol. The Morgan fingerprint density at radius 1 is 0.250 bits per heavy atom. The summed E-state index contributed by atoms with van der Waals surface area (Å²) in [5, 5.41) is 4.91. The van der Waals surface area contributed by atoms with Crippen LogP contribution in [0.15, 0.2) is 218 Å². The molecule has 0 atom stereocenters. The van der Waals surface area contributed by atoms with E-state index in [0.29, 0.717) is 0 Å². The van der Waals surface area contributed by atoms with Crippen molar-refractivity contribution < 1.29 is 0 Å². The third-order valence-electron chi connectivity index (χ3n) is 13.3. The normalized spacial score (nSPS) is 11.4. The van der Waals surface area contributed by atoms with Crippen LogP contribution >= 0.6 is 0 Å². The Kier molecular flexibility index (Phi) is 9.78. The van der Waals surface area contributed by atoms with Crippen molar-refractivity contribution in [1.82, 2.24) is 9.13 Å². The highest BCUT2D eigenvalue weighted by molar-refractivity contribution is 6.22. The Hall–Kier alpha value is -7.94. The molecule has 0 saturated heterocycles. The van der Waals surface area contributed by atoms with Gasteiger partial charge in [0.1, 0.15) is 0 Å². The molecule has 2 aromatic heterocycles. The molecule has 11 aromatic rings. The Morgan fingerprint density at radius 3 is 0.922 bits per heavy atom. The van der Waals surface area contributed by atoms with Crippen molar-refractivity contribution in [3.8, 4) is 78.7 Å². The van der Waals surface area contributed by atoms with Crippen molar-refractivity contribution in [2.75, 3.05) is 0 Å². The SMILES string of the molecule is Cc1cc(C)c(C)c(-c2c3ccc(-n4c(-c5ccccc5)ccc4-c4ccccc4)cc3c(-c3ccccc3)c3ccc(-n4c(-c5ccccc5)ccc4-c4ccccc4)cc23)c1C. The van der Waals surface area contributed by atoms with Gasteiger partial charge >= 0.3 is 0 Å². The molecule has 0 aliphatic carbocycles. The van der Waals surface area contributed by atoms with Crippen LogP contribution in [0.4, 0.5) is 0 Å². The third kappa shape index (κ3) is 6.58. The van der Waals surface area contributed by atoms with Crippen LogP contribution in [-0.4, -0.2) is 9.13 Å². The first-order chi connectivity index (χ1) is 31.4. The minimum Gasteiger partial charge on any atom is -0.309 e. The molecular formula is C62H48N2. The first kappa shape index (κ1) is 38.9. The summed E-state index contributed by atoms with van der Waals surface area (Å²) in [6, 6.07) is 79.9. The van der Waals surface area contributed by atoms with Gasteiger partial charge in [-0.1, -0.05) is 170 Å². The van der Waals surface area contributed by atoms with Crippen molar-refractivity contribution in [2.24, 2.45) is 0 Å². The maximum absolute atomic E-state index is 2.47. The van der Waals surface area contributed by atoms with E-state index >= 15 is 0 Å². The van der Waals surface area contributed by atoms with Gasteiger partial charge in [-0.25, -0.2) is 0 Å². The molecule has 11 rings (SSSR count).